The van der Waals surface area contributed by atoms with Gasteiger partial charge >= 0.3 is 6.18 Å². The molecule has 0 bridgehead atoms. The average Bonchev–Trinajstić information content (AvgIpc) is 2.77. The first-order chi connectivity index (χ1) is 16.1. The zero-order valence-electron chi connectivity index (χ0n) is 20.3. The minimum absolute atomic E-state index is 0.105. The fourth-order valence-electron chi connectivity index (χ4n) is 4.69. The second-order valence-corrected chi connectivity index (χ2v) is 9.94. The SMILES string of the molecule is CC(C)C[C@@H](C)COc1ccc(-c2ccnc(NC(=O)CC3CCCCC3)c2)cc1C(F)(F)F. The van der Waals surface area contributed by atoms with E-state index in [4.69, 9.17) is 4.74 Å². The first-order valence-corrected chi connectivity index (χ1v) is 12.2. The molecule has 0 unspecified atom stereocenters. The molecule has 1 heterocycles. The van der Waals surface area contributed by atoms with E-state index in [1.165, 1.54) is 18.7 Å². The Labute approximate surface area is 200 Å². The van der Waals surface area contributed by atoms with Crippen molar-refractivity contribution in [3.8, 4) is 16.9 Å². The molecule has 3 rings (SSSR count). The van der Waals surface area contributed by atoms with Gasteiger partial charge in [-0.2, -0.15) is 13.2 Å². The molecule has 7 heteroatoms. The molecule has 1 N–H and O–H groups in total. The molecule has 1 aliphatic rings. The molecule has 0 saturated heterocycles. The molecule has 186 valence electrons. The third kappa shape index (κ3) is 7.74. The number of carbonyl (C=O) groups is 1. The van der Waals surface area contributed by atoms with Crippen LogP contribution in [0.3, 0.4) is 0 Å². The van der Waals surface area contributed by atoms with Gasteiger partial charge in [0.05, 0.1) is 12.2 Å². The minimum atomic E-state index is -4.54. The van der Waals surface area contributed by atoms with Crippen LogP contribution in [0.5, 0.6) is 5.75 Å². The molecular weight excluding hydrogens is 441 g/mol. The molecule has 1 atom stereocenters. The number of hydrogen-bond donors (Lipinski definition) is 1. The highest BCUT2D eigenvalue weighted by molar-refractivity contribution is 5.90. The maximum atomic E-state index is 13.8. The van der Waals surface area contributed by atoms with Crippen LogP contribution in [0.4, 0.5) is 19.0 Å². The molecule has 1 aromatic heterocycles. The largest absolute Gasteiger partial charge is 0.493 e. The van der Waals surface area contributed by atoms with Gasteiger partial charge < -0.3 is 10.1 Å². The number of halogens is 3. The van der Waals surface area contributed by atoms with Crippen LogP contribution in [-0.2, 0) is 11.0 Å². The second-order valence-electron chi connectivity index (χ2n) is 9.94. The number of ether oxygens (including phenoxy) is 1. The molecule has 1 aromatic carbocycles. The molecule has 4 nitrogen and oxygen atoms in total. The van der Waals surface area contributed by atoms with E-state index in [2.05, 4.69) is 24.1 Å². The van der Waals surface area contributed by atoms with Crippen molar-refractivity contribution >= 4 is 11.7 Å². The molecule has 2 aromatic rings. The van der Waals surface area contributed by atoms with Gasteiger partial charge in [-0.15, -0.1) is 0 Å². The van der Waals surface area contributed by atoms with Crippen LogP contribution >= 0.6 is 0 Å². The highest BCUT2D eigenvalue weighted by atomic mass is 19.4. The highest BCUT2D eigenvalue weighted by Crippen LogP contribution is 2.39. The number of aromatic nitrogens is 1. The lowest BCUT2D eigenvalue weighted by atomic mass is 9.87. The summed E-state index contributed by atoms with van der Waals surface area (Å²) in [6, 6.07) is 7.34. The maximum Gasteiger partial charge on any atom is 0.419 e. The third-order valence-electron chi connectivity index (χ3n) is 6.24. The summed E-state index contributed by atoms with van der Waals surface area (Å²) in [7, 11) is 0. The van der Waals surface area contributed by atoms with E-state index in [-0.39, 0.29) is 24.2 Å². The van der Waals surface area contributed by atoms with Crippen LogP contribution in [0.25, 0.3) is 11.1 Å². The van der Waals surface area contributed by atoms with Gasteiger partial charge in [-0.3, -0.25) is 4.79 Å². The number of rotatable bonds is 9. The number of alkyl halides is 3. The van der Waals surface area contributed by atoms with Crippen LogP contribution in [-0.4, -0.2) is 17.5 Å². The summed E-state index contributed by atoms with van der Waals surface area (Å²) < 4.78 is 47.0. The van der Waals surface area contributed by atoms with E-state index < -0.39 is 11.7 Å². The summed E-state index contributed by atoms with van der Waals surface area (Å²) in [6.07, 6.45) is 3.94. The molecule has 34 heavy (non-hydrogen) atoms. The Balaban J connectivity index is 1.74. The predicted molar refractivity (Wildman–Crippen MR) is 129 cm³/mol. The summed E-state index contributed by atoms with van der Waals surface area (Å²) in [6.45, 7) is 6.36. The summed E-state index contributed by atoms with van der Waals surface area (Å²) in [4.78, 5) is 16.6. The second kappa shape index (κ2) is 11.7. The van der Waals surface area contributed by atoms with Crippen molar-refractivity contribution in [2.75, 3.05) is 11.9 Å². The first-order valence-electron chi connectivity index (χ1n) is 12.2. The number of pyridine rings is 1. The third-order valence-corrected chi connectivity index (χ3v) is 6.24. The van der Waals surface area contributed by atoms with Gasteiger partial charge in [-0.25, -0.2) is 4.98 Å². The van der Waals surface area contributed by atoms with Crippen LogP contribution in [0.15, 0.2) is 36.5 Å². The normalized spacial score (nSPS) is 15.9. The molecule has 1 fully saturated rings. The van der Waals surface area contributed by atoms with E-state index in [0.717, 1.165) is 38.2 Å². The predicted octanol–water partition coefficient (Wildman–Crippen LogP) is 7.74. The Bertz CT molecular complexity index is 953. The van der Waals surface area contributed by atoms with E-state index in [1.54, 1.807) is 18.2 Å². The summed E-state index contributed by atoms with van der Waals surface area (Å²) in [5.74, 6) is 1.07. The fourth-order valence-corrected chi connectivity index (χ4v) is 4.69. The first kappa shape index (κ1) is 26.0. The van der Waals surface area contributed by atoms with E-state index in [9.17, 15) is 18.0 Å². The molecule has 0 spiro atoms. The Hall–Kier alpha value is -2.57. The van der Waals surface area contributed by atoms with Crippen molar-refractivity contribution < 1.29 is 22.7 Å². The van der Waals surface area contributed by atoms with Crippen molar-refractivity contribution in [3.63, 3.8) is 0 Å². The van der Waals surface area contributed by atoms with E-state index in [1.807, 2.05) is 6.92 Å². The van der Waals surface area contributed by atoms with Gasteiger partial charge in [0.25, 0.3) is 0 Å². The van der Waals surface area contributed by atoms with Crippen molar-refractivity contribution in [3.05, 3.63) is 42.1 Å². The molecule has 1 saturated carbocycles. The smallest absolute Gasteiger partial charge is 0.419 e. The molecular formula is C27H35F3N2O2. The van der Waals surface area contributed by atoms with Gasteiger partial charge in [0.1, 0.15) is 11.6 Å². The molecule has 1 aliphatic carbocycles. The molecule has 0 aliphatic heterocycles. The van der Waals surface area contributed by atoms with Crippen LogP contribution < -0.4 is 10.1 Å². The number of hydrogen-bond acceptors (Lipinski definition) is 3. The lowest BCUT2D eigenvalue weighted by molar-refractivity contribution is -0.139. The minimum Gasteiger partial charge on any atom is -0.493 e. The lowest BCUT2D eigenvalue weighted by Crippen LogP contribution is -2.18. The Morgan fingerprint density at radius 2 is 1.79 bits per heavy atom. The van der Waals surface area contributed by atoms with E-state index >= 15 is 0 Å². The highest BCUT2D eigenvalue weighted by Gasteiger charge is 2.35. The topological polar surface area (TPSA) is 51.2 Å². The van der Waals surface area contributed by atoms with Gasteiger partial charge in [-0.05, 0) is 72.4 Å². The lowest BCUT2D eigenvalue weighted by Gasteiger charge is -2.20. The van der Waals surface area contributed by atoms with Crippen LogP contribution in [0.1, 0.15) is 71.3 Å². The van der Waals surface area contributed by atoms with Crippen molar-refractivity contribution in [2.24, 2.45) is 17.8 Å². The Morgan fingerprint density at radius 3 is 2.47 bits per heavy atom. The van der Waals surface area contributed by atoms with Gasteiger partial charge in [0, 0.05) is 12.6 Å². The fraction of sp³-hybridized carbons (Fsp3) is 0.556. The van der Waals surface area contributed by atoms with Crippen molar-refractivity contribution in [2.45, 2.75) is 71.9 Å². The zero-order chi connectivity index (χ0) is 24.7. The number of benzene rings is 1. The van der Waals surface area contributed by atoms with Gasteiger partial charge in [0.15, 0.2) is 0 Å². The zero-order valence-corrected chi connectivity index (χ0v) is 20.3. The van der Waals surface area contributed by atoms with Gasteiger partial charge in [-0.1, -0.05) is 46.1 Å². The molecule has 1 amide bonds. The average molecular weight is 477 g/mol. The van der Waals surface area contributed by atoms with Crippen LogP contribution in [0, 0.1) is 17.8 Å². The Kier molecular flexibility index (Phi) is 8.97. The van der Waals surface area contributed by atoms with Gasteiger partial charge in [0.2, 0.25) is 5.91 Å². The number of nitrogens with zero attached hydrogens (tertiary/aromatic N) is 1. The monoisotopic (exact) mass is 476 g/mol. The van der Waals surface area contributed by atoms with Crippen LogP contribution in [0.2, 0.25) is 0 Å². The van der Waals surface area contributed by atoms with Crippen molar-refractivity contribution in [1.29, 1.82) is 0 Å². The molecule has 0 radical (unpaired) electrons. The standard InChI is InChI=1S/C27H35F3N2O2/c1-18(2)13-19(3)17-34-24-10-9-21(15-23(24)27(28,29)30)22-11-12-31-25(16-22)32-26(33)14-20-7-5-4-6-8-20/h9-12,15-16,18-20H,4-8,13-14,17H2,1-3H3,(H,31,32,33)/t19-/m1/s1. The summed E-state index contributed by atoms with van der Waals surface area (Å²) in [5.41, 5.74) is 0.134. The number of carbonyl (C=O) groups excluding carboxylic acids is 1. The number of nitrogens with one attached hydrogen (secondary N) is 1. The summed E-state index contributed by atoms with van der Waals surface area (Å²) in [5, 5.41) is 2.81. The van der Waals surface area contributed by atoms with Crippen molar-refractivity contribution in [1.82, 2.24) is 4.98 Å². The maximum absolute atomic E-state index is 13.8. The quantitative estimate of drug-likeness (QED) is 0.403. The summed E-state index contributed by atoms with van der Waals surface area (Å²) >= 11 is 0. The van der Waals surface area contributed by atoms with E-state index in [0.29, 0.717) is 35.2 Å². The Morgan fingerprint density at radius 1 is 1.09 bits per heavy atom. The number of anilines is 1. The number of amides is 1.